The molecule has 0 radical (unpaired) electrons. The van der Waals surface area contributed by atoms with Crippen LogP contribution < -0.4 is 10.2 Å². The Morgan fingerprint density at radius 3 is 2.61 bits per heavy atom. The molecule has 6 nitrogen and oxygen atoms in total. The Hall–Kier alpha value is -2.83. The highest BCUT2D eigenvalue weighted by molar-refractivity contribution is 6.30. The Balaban J connectivity index is 1.19. The maximum atomic E-state index is 12.8. The minimum atomic E-state index is 0.0864. The van der Waals surface area contributed by atoms with E-state index in [1.807, 2.05) is 31.2 Å². The third-order valence-electron chi connectivity index (χ3n) is 6.97. The average Bonchev–Trinajstić information content (AvgIpc) is 3.24. The van der Waals surface area contributed by atoms with Crippen LogP contribution in [0.2, 0.25) is 5.02 Å². The van der Waals surface area contributed by atoms with Crippen LogP contribution in [0.3, 0.4) is 0 Å². The van der Waals surface area contributed by atoms with Crippen LogP contribution in [-0.2, 0) is 11.3 Å². The standard InChI is InChI=1S/C29H37ClN4O2/c1-4-34(26-8-5-7-21(2)19-26)16-6-15-31-28(35)23-13-17-33(18-14-23)20-27-22(3)36-29(32-27)24-9-11-25(30)12-10-24/h5,7-12,19,23H,4,6,13-18,20H2,1-3H3,(H,31,35). The number of amides is 1. The summed E-state index contributed by atoms with van der Waals surface area (Å²) in [6.45, 7) is 11.4. The van der Waals surface area contributed by atoms with Gasteiger partial charge in [-0.05, 0) is 95.1 Å². The zero-order valence-electron chi connectivity index (χ0n) is 21.6. The Labute approximate surface area is 219 Å². The van der Waals surface area contributed by atoms with E-state index in [4.69, 9.17) is 21.0 Å². The fourth-order valence-corrected chi connectivity index (χ4v) is 4.90. The number of hydrogen-bond donors (Lipinski definition) is 1. The van der Waals surface area contributed by atoms with Gasteiger partial charge in [0.15, 0.2) is 0 Å². The first kappa shape index (κ1) is 26.2. The van der Waals surface area contributed by atoms with E-state index in [1.165, 1.54) is 11.3 Å². The second-order valence-electron chi connectivity index (χ2n) is 9.64. The van der Waals surface area contributed by atoms with Gasteiger partial charge in [-0.15, -0.1) is 0 Å². The summed E-state index contributed by atoms with van der Waals surface area (Å²) in [7, 11) is 0. The molecule has 0 aliphatic carbocycles. The van der Waals surface area contributed by atoms with Gasteiger partial charge in [0, 0.05) is 48.4 Å². The predicted molar refractivity (Wildman–Crippen MR) is 146 cm³/mol. The summed E-state index contributed by atoms with van der Waals surface area (Å²) in [5, 5.41) is 3.87. The molecule has 1 aromatic heterocycles. The van der Waals surface area contributed by atoms with Gasteiger partial charge in [-0.1, -0.05) is 23.7 Å². The Kier molecular flexibility index (Phi) is 9.05. The third-order valence-corrected chi connectivity index (χ3v) is 7.22. The lowest BCUT2D eigenvalue weighted by atomic mass is 9.95. The largest absolute Gasteiger partial charge is 0.441 e. The van der Waals surface area contributed by atoms with Crippen molar-refractivity contribution in [1.29, 1.82) is 0 Å². The Morgan fingerprint density at radius 1 is 1.17 bits per heavy atom. The lowest BCUT2D eigenvalue weighted by molar-refractivity contribution is -0.126. The second-order valence-corrected chi connectivity index (χ2v) is 10.1. The highest BCUT2D eigenvalue weighted by Gasteiger charge is 2.26. The first-order chi connectivity index (χ1) is 17.4. The highest BCUT2D eigenvalue weighted by atomic mass is 35.5. The van der Waals surface area contributed by atoms with Gasteiger partial charge in [0.1, 0.15) is 5.76 Å². The fourth-order valence-electron chi connectivity index (χ4n) is 4.78. The predicted octanol–water partition coefficient (Wildman–Crippen LogP) is 5.86. The maximum absolute atomic E-state index is 12.8. The number of carbonyl (C=O) groups is 1. The SMILES string of the molecule is CCN(CCCNC(=O)C1CCN(Cc2nc(-c3ccc(Cl)cc3)oc2C)CC1)c1cccc(C)c1. The van der Waals surface area contributed by atoms with E-state index >= 15 is 0 Å². The second kappa shape index (κ2) is 12.4. The number of oxazole rings is 1. The first-order valence-electron chi connectivity index (χ1n) is 13.0. The Morgan fingerprint density at radius 2 is 1.92 bits per heavy atom. The van der Waals surface area contributed by atoms with Gasteiger partial charge in [0.05, 0.1) is 5.69 Å². The molecule has 2 heterocycles. The van der Waals surface area contributed by atoms with Crippen LogP contribution in [-0.4, -0.2) is 48.5 Å². The number of hydrogen-bond acceptors (Lipinski definition) is 5. The summed E-state index contributed by atoms with van der Waals surface area (Å²) in [6, 6.07) is 16.1. The van der Waals surface area contributed by atoms with Gasteiger partial charge in [-0.25, -0.2) is 4.98 Å². The Bertz CT molecular complexity index is 1140. The van der Waals surface area contributed by atoms with Gasteiger partial charge in [0.2, 0.25) is 11.8 Å². The number of anilines is 1. The molecular formula is C29H37ClN4O2. The van der Waals surface area contributed by atoms with Gasteiger partial charge in [0.25, 0.3) is 0 Å². The number of piperidine rings is 1. The number of halogens is 1. The molecule has 0 bridgehead atoms. The first-order valence-corrected chi connectivity index (χ1v) is 13.3. The van der Waals surface area contributed by atoms with E-state index in [9.17, 15) is 4.79 Å². The summed E-state index contributed by atoms with van der Waals surface area (Å²) in [4.78, 5) is 22.2. The minimum absolute atomic E-state index is 0.0864. The number of rotatable bonds is 10. The molecule has 192 valence electrons. The van der Waals surface area contributed by atoms with Crippen LogP contribution in [0.4, 0.5) is 5.69 Å². The molecule has 1 amide bonds. The van der Waals surface area contributed by atoms with E-state index in [2.05, 4.69) is 53.2 Å². The van der Waals surface area contributed by atoms with Crippen LogP contribution in [0.1, 0.15) is 43.2 Å². The molecule has 1 saturated heterocycles. The van der Waals surface area contributed by atoms with Gasteiger partial charge >= 0.3 is 0 Å². The smallest absolute Gasteiger partial charge is 0.226 e. The lowest BCUT2D eigenvalue weighted by Crippen LogP contribution is -2.41. The summed E-state index contributed by atoms with van der Waals surface area (Å²) < 4.78 is 5.91. The molecule has 7 heteroatoms. The molecule has 0 spiro atoms. The third kappa shape index (κ3) is 6.89. The van der Waals surface area contributed by atoms with E-state index in [0.717, 1.165) is 69.0 Å². The summed E-state index contributed by atoms with van der Waals surface area (Å²) in [6.07, 6.45) is 2.68. The lowest BCUT2D eigenvalue weighted by Gasteiger charge is -2.31. The topological polar surface area (TPSA) is 61.6 Å². The molecule has 2 aromatic carbocycles. The highest BCUT2D eigenvalue weighted by Crippen LogP contribution is 2.25. The van der Waals surface area contributed by atoms with Gasteiger partial charge in [-0.3, -0.25) is 9.69 Å². The molecule has 1 aliphatic heterocycles. The molecule has 1 fully saturated rings. The zero-order valence-corrected chi connectivity index (χ0v) is 22.4. The van der Waals surface area contributed by atoms with E-state index in [1.54, 1.807) is 0 Å². The van der Waals surface area contributed by atoms with Crippen molar-refractivity contribution < 1.29 is 9.21 Å². The van der Waals surface area contributed by atoms with Crippen LogP contribution >= 0.6 is 11.6 Å². The average molecular weight is 509 g/mol. The summed E-state index contributed by atoms with van der Waals surface area (Å²) >= 11 is 5.99. The molecule has 4 rings (SSSR count). The molecule has 1 aliphatic rings. The molecular weight excluding hydrogens is 472 g/mol. The van der Waals surface area contributed by atoms with Crippen molar-refractivity contribution in [1.82, 2.24) is 15.2 Å². The molecule has 0 atom stereocenters. The van der Waals surface area contributed by atoms with Crippen molar-refractivity contribution in [3.05, 3.63) is 70.6 Å². The fraction of sp³-hybridized carbons (Fsp3) is 0.448. The number of aryl methyl sites for hydroxylation is 2. The van der Waals surface area contributed by atoms with Crippen molar-refractivity contribution in [2.24, 2.45) is 5.92 Å². The van der Waals surface area contributed by atoms with Crippen molar-refractivity contribution in [2.45, 2.75) is 46.6 Å². The summed E-state index contributed by atoms with van der Waals surface area (Å²) in [5.74, 6) is 1.74. The maximum Gasteiger partial charge on any atom is 0.226 e. The van der Waals surface area contributed by atoms with E-state index < -0.39 is 0 Å². The van der Waals surface area contributed by atoms with Crippen molar-refractivity contribution in [3.63, 3.8) is 0 Å². The van der Waals surface area contributed by atoms with Crippen LogP contribution in [0.15, 0.2) is 52.9 Å². The van der Waals surface area contributed by atoms with Crippen LogP contribution in [0.5, 0.6) is 0 Å². The zero-order chi connectivity index (χ0) is 25.5. The van der Waals surface area contributed by atoms with E-state index in [0.29, 0.717) is 17.5 Å². The number of nitrogens with one attached hydrogen (secondary N) is 1. The van der Waals surface area contributed by atoms with Gasteiger partial charge < -0.3 is 14.6 Å². The number of nitrogens with zero attached hydrogens (tertiary/aromatic N) is 3. The van der Waals surface area contributed by atoms with Gasteiger partial charge in [-0.2, -0.15) is 0 Å². The normalized spacial score (nSPS) is 14.7. The molecule has 36 heavy (non-hydrogen) atoms. The van der Waals surface area contributed by atoms with E-state index in [-0.39, 0.29) is 11.8 Å². The number of carbonyl (C=O) groups excluding carboxylic acids is 1. The monoisotopic (exact) mass is 508 g/mol. The number of likely N-dealkylation sites (tertiary alicyclic amines) is 1. The van der Waals surface area contributed by atoms with Crippen LogP contribution in [0.25, 0.3) is 11.5 Å². The molecule has 0 unspecified atom stereocenters. The summed E-state index contributed by atoms with van der Waals surface area (Å²) in [5.41, 5.74) is 4.40. The molecule has 1 N–H and O–H groups in total. The van der Waals surface area contributed by atoms with Crippen molar-refractivity contribution in [3.8, 4) is 11.5 Å². The molecule has 3 aromatic rings. The quantitative estimate of drug-likeness (QED) is 0.348. The van der Waals surface area contributed by atoms with Crippen molar-refractivity contribution >= 4 is 23.2 Å². The van der Waals surface area contributed by atoms with Crippen molar-refractivity contribution in [2.75, 3.05) is 37.6 Å². The number of aromatic nitrogens is 1. The molecule has 0 saturated carbocycles. The number of benzene rings is 2. The van der Waals surface area contributed by atoms with Crippen LogP contribution in [0, 0.1) is 19.8 Å². The minimum Gasteiger partial charge on any atom is -0.441 e.